The molecule has 8 rings (SSSR count). The van der Waals surface area contributed by atoms with Crippen molar-refractivity contribution in [2.24, 2.45) is 0 Å². The summed E-state index contributed by atoms with van der Waals surface area (Å²) < 4.78 is 25.9. The van der Waals surface area contributed by atoms with Crippen LogP contribution < -0.4 is 23.8 Å². The number of rotatable bonds is 14. The summed E-state index contributed by atoms with van der Waals surface area (Å²) in [6.07, 6.45) is 17.5. The van der Waals surface area contributed by atoms with Crippen LogP contribution in [-0.2, 0) is 10.8 Å². The molecule has 322 valence electrons. The lowest BCUT2D eigenvalue weighted by Crippen LogP contribution is -2.28. The molecule has 0 saturated heterocycles. The Kier molecular flexibility index (Phi) is 12.1. The van der Waals surface area contributed by atoms with Crippen molar-refractivity contribution in [1.29, 1.82) is 0 Å². The van der Waals surface area contributed by atoms with E-state index in [1.165, 1.54) is 55.5 Å². The van der Waals surface area contributed by atoms with E-state index >= 15 is 0 Å². The van der Waals surface area contributed by atoms with E-state index in [0.717, 1.165) is 71.2 Å². The Morgan fingerprint density at radius 2 is 1.03 bits per heavy atom. The molecule has 0 amide bonds. The highest BCUT2D eigenvalue weighted by Crippen LogP contribution is 2.53. The van der Waals surface area contributed by atoms with Crippen LogP contribution in [0, 0.1) is 0 Å². The van der Waals surface area contributed by atoms with Crippen LogP contribution in [0.5, 0.6) is 23.0 Å². The second-order valence-electron chi connectivity index (χ2n) is 17.4. The van der Waals surface area contributed by atoms with Gasteiger partial charge in [-0.15, -0.1) is 0 Å². The van der Waals surface area contributed by atoms with Gasteiger partial charge in [0.15, 0.2) is 5.71 Å². The molecule has 0 N–H and O–H groups in total. The molecular weight excluding hydrogens is 777 g/mol. The zero-order chi connectivity index (χ0) is 44.5. The fourth-order valence-electron chi connectivity index (χ4n) is 10.3. The van der Waals surface area contributed by atoms with Crippen LogP contribution in [0.1, 0.15) is 65.5 Å². The first-order valence-electron chi connectivity index (χ1n) is 22.3. The fourth-order valence-corrected chi connectivity index (χ4v) is 10.3. The van der Waals surface area contributed by atoms with E-state index < -0.39 is 0 Å². The smallest absolute Gasteiger partial charge is 0.210 e. The molecule has 0 aromatic heterocycles. The molecule has 2 aliphatic rings. The topological polar surface area (TPSA) is 43.2 Å². The van der Waals surface area contributed by atoms with E-state index in [1.807, 2.05) is 36.4 Å². The summed E-state index contributed by atoms with van der Waals surface area (Å²) in [5, 5.41) is 4.87. The second-order valence-corrected chi connectivity index (χ2v) is 17.4. The zero-order valence-electron chi connectivity index (χ0n) is 38.6. The Bertz CT molecular complexity index is 2830. The minimum atomic E-state index is -0.228. The summed E-state index contributed by atoms with van der Waals surface area (Å²) in [5.74, 6) is 3.19. The molecule has 6 aromatic rings. The van der Waals surface area contributed by atoms with Crippen molar-refractivity contribution in [3.8, 4) is 45.3 Å². The lowest BCUT2D eigenvalue weighted by Gasteiger charge is -2.26. The Balaban J connectivity index is 1.09. The number of benzene rings is 6. The first-order valence-corrected chi connectivity index (χ1v) is 22.3. The van der Waals surface area contributed by atoms with Gasteiger partial charge in [-0.2, -0.15) is 4.58 Å². The third-order valence-electron chi connectivity index (χ3n) is 13.0. The number of ether oxygens (including phenoxy) is 4. The minimum absolute atomic E-state index is 0.228. The van der Waals surface area contributed by atoms with Crippen molar-refractivity contribution in [2.75, 3.05) is 46.4 Å². The summed E-state index contributed by atoms with van der Waals surface area (Å²) >= 11 is 0. The van der Waals surface area contributed by atoms with Crippen molar-refractivity contribution in [2.45, 2.75) is 65.2 Å². The van der Waals surface area contributed by atoms with Crippen molar-refractivity contribution in [1.82, 2.24) is 0 Å². The van der Waals surface area contributed by atoms with Gasteiger partial charge in [0, 0.05) is 47.5 Å². The number of allylic oxidation sites excluding steroid dienone is 8. The van der Waals surface area contributed by atoms with Gasteiger partial charge in [0.2, 0.25) is 5.69 Å². The van der Waals surface area contributed by atoms with Gasteiger partial charge in [-0.3, -0.25) is 0 Å². The van der Waals surface area contributed by atoms with Crippen LogP contribution in [0.4, 0.5) is 11.4 Å². The predicted molar refractivity (Wildman–Crippen MR) is 264 cm³/mol. The van der Waals surface area contributed by atoms with Crippen LogP contribution in [0.2, 0.25) is 0 Å². The van der Waals surface area contributed by atoms with E-state index in [2.05, 4.69) is 154 Å². The lowest BCUT2D eigenvalue weighted by atomic mass is 9.78. The van der Waals surface area contributed by atoms with Gasteiger partial charge in [0.1, 0.15) is 29.5 Å². The van der Waals surface area contributed by atoms with E-state index in [4.69, 9.17) is 18.9 Å². The van der Waals surface area contributed by atoms with Crippen LogP contribution in [0.25, 0.3) is 43.8 Å². The first-order chi connectivity index (χ1) is 30.6. The van der Waals surface area contributed by atoms with E-state index in [-0.39, 0.29) is 10.8 Å². The standard InChI is InChI=1S/C57H61N2O4/c1-11-36-58-44-34-32-38-40(52-46(60-7)26-20-27-47(52)61-8)22-18-24-42(38)54(44)56(3,4)50(58)30-16-14-13-15-17-31-51-57(5,6)55-43-25-19-23-41(39(43)33-35-45(55)59(51)37-12-2)53-48(62-9)28-21-29-49(53)63-10/h13-35H,11-12,36-37H2,1-10H3/q+1. The minimum Gasteiger partial charge on any atom is -0.496 e. The summed E-state index contributed by atoms with van der Waals surface area (Å²) in [4.78, 5) is 2.51. The highest BCUT2D eigenvalue weighted by atomic mass is 16.5. The number of hydrogen-bond donors (Lipinski definition) is 0. The average Bonchev–Trinajstić information content (AvgIpc) is 3.65. The molecule has 0 spiro atoms. The number of hydrogen-bond acceptors (Lipinski definition) is 5. The van der Waals surface area contributed by atoms with Crippen molar-refractivity contribution in [3.63, 3.8) is 0 Å². The van der Waals surface area contributed by atoms with Crippen LogP contribution in [0.15, 0.2) is 145 Å². The molecule has 0 atom stereocenters. The molecule has 2 heterocycles. The van der Waals surface area contributed by atoms with Crippen molar-refractivity contribution >= 4 is 38.6 Å². The van der Waals surface area contributed by atoms with Gasteiger partial charge in [-0.1, -0.05) is 113 Å². The lowest BCUT2D eigenvalue weighted by molar-refractivity contribution is -0.437. The van der Waals surface area contributed by atoms with Crippen LogP contribution >= 0.6 is 0 Å². The van der Waals surface area contributed by atoms with Gasteiger partial charge in [0.25, 0.3) is 0 Å². The van der Waals surface area contributed by atoms with Gasteiger partial charge in [0.05, 0.1) is 45.0 Å². The normalized spacial score (nSPS) is 16.0. The Labute approximate surface area is 374 Å². The molecule has 6 nitrogen and oxygen atoms in total. The van der Waals surface area contributed by atoms with Crippen LogP contribution in [-0.4, -0.2) is 51.8 Å². The molecule has 0 fully saturated rings. The highest BCUT2D eigenvalue weighted by Gasteiger charge is 2.45. The summed E-state index contributed by atoms with van der Waals surface area (Å²) in [6, 6.07) is 34.3. The van der Waals surface area contributed by atoms with Gasteiger partial charge in [-0.25, -0.2) is 0 Å². The number of nitrogens with zero attached hydrogens (tertiary/aromatic N) is 2. The Hall–Kier alpha value is -6.53. The zero-order valence-corrected chi connectivity index (χ0v) is 38.6. The first kappa shape index (κ1) is 43.1. The molecule has 6 heteroatoms. The highest BCUT2D eigenvalue weighted by molar-refractivity contribution is 6.10. The molecule has 0 bridgehead atoms. The fraction of sp³-hybridized carbons (Fsp3) is 0.281. The summed E-state index contributed by atoms with van der Waals surface area (Å²) in [6.45, 7) is 15.8. The third-order valence-corrected chi connectivity index (χ3v) is 13.0. The maximum atomic E-state index is 5.85. The number of anilines is 1. The van der Waals surface area contributed by atoms with E-state index in [9.17, 15) is 0 Å². The van der Waals surface area contributed by atoms with Gasteiger partial charge >= 0.3 is 0 Å². The maximum Gasteiger partial charge on any atom is 0.210 e. The Morgan fingerprint density at radius 3 is 1.57 bits per heavy atom. The average molecular weight is 838 g/mol. The molecule has 0 unspecified atom stereocenters. The SMILES string of the molecule is CCCN1/C(=C/C=C/C=C/C=C/C2=[N+](CCC)c3ccc4c(-c5c(OC)cccc5OC)cccc4c3C2(C)C)C(C)(C)c2c1ccc1c(-c3c(OC)cccc3OC)cccc21. The van der Waals surface area contributed by atoms with E-state index in [0.29, 0.717) is 0 Å². The van der Waals surface area contributed by atoms with Gasteiger partial charge < -0.3 is 23.8 Å². The van der Waals surface area contributed by atoms with Gasteiger partial charge in [-0.05, 0) is 101 Å². The summed E-state index contributed by atoms with van der Waals surface area (Å²) in [7, 11) is 6.88. The monoisotopic (exact) mass is 837 g/mol. The van der Waals surface area contributed by atoms with E-state index in [1.54, 1.807) is 28.4 Å². The molecule has 63 heavy (non-hydrogen) atoms. The molecule has 6 aromatic carbocycles. The molecule has 0 aliphatic carbocycles. The predicted octanol–water partition coefficient (Wildman–Crippen LogP) is 13.9. The molecule has 0 radical (unpaired) electrons. The Morgan fingerprint density at radius 1 is 0.524 bits per heavy atom. The quantitative estimate of drug-likeness (QED) is 0.0808. The van der Waals surface area contributed by atoms with Crippen LogP contribution in [0.3, 0.4) is 0 Å². The summed E-state index contributed by atoms with van der Waals surface area (Å²) in [5.41, 5.74) is 11.5. The molecular formula is C57H61N2O4+. The number of methoxy groups -OCH3 is 4. The molecule has 0 saturated carbocycles. The molecule has 2 aliphatic heterocycles. The second kappa shape index (κ2) is 17.7. The number of fused-ring (bicyclic) bond motifs is 6. The maximum absolute atomic E-state index is 5.85. The largest absolute Gasteiger partial charge is 0.496 e. The van der Waals surface area contributed by atoms with Crippen molar-refractivity contribution in [3.05, 3.63) is 156 Å². The third kappa shape index (κ3) is 7.29. The van der Waals surface area contributed by atoms with Crippen molar-refractivity contribution < 1.29 is 23.5 Å².